The van der Waals surface area contributed by atoms with E-state index in [1.807, 2.05) is 17.9 Å². The van der Waals surface area contributed by atoms with Gasteiger partial charge in [0.25, 0.3) is 0 Å². The molecule has 2 heterocycles. The van der Waals surface area contributed by atoms with E-state index < -0.39 is 0 Å². The first-order valence-corrected chi connectivity index (χ1v) is 6.59. The molecule has 96 valence electrons. The van der Waals surface area contributed by atoms with Crippen LogP contribution in [0.25, 0.3) is 0 Å². The van der Waals surface area contributed by atoms with Gasteiger partial charge in [0.1, 0.15) is 0 Å². The molecule has 4 nitrogen and oxygen atoms in total. The molecular weight excluding hydrogens is 212 g/mol. The lowest BCUT2D eigenvalue weighted by Gasteiger charge is -2.43. The molecule has 0 radical (unpaired) electrons. The molecule has 2 N–H and O–H groups in total. The molecule has 1 aromatic rings. The maximum absolute atomic E-state index is 5.96. The van der Waals surface area contributed by atoms with Gasteiger partial charge < -0.3 is 5.73 Å². The summed E-state index contributed by atoms with van der Waals surface area (Å²) in [5, 5.41) is 4.30. The Morgan fingerprint density at radius 3 is 2.82 bits per heavy atom. The topological polar surface area (TPSA) is 47.1 Å². The SMILES string of the molecule is CC(C)N1CCCC(CN)C1c1ccnn1C. The fourth-order valence-electron chi connectivity index (χ4n) is 3.02. The van der Waals surface area contributed by atoms with Crippen molar-refractivity contribution in [2.75, 3.05) is 13.1 Å². The largest absolute Gasteiger partial charge is 0.330 e. The standard InChI is InChI=1S/C13H24N4/c1-10(2)17-8-4-5-11(9-14)13(17)12-6-7-15-16(12)3/h6-7,10-11,13H,4-5,8-9,14H2,1-3H3. The molecule has 1 aliphatic rings. The molecule has 0 spiro atoms. The van der Waals surface area contributed by atoms with Gasteiger partial charge in [0.15, 0.2) is 0 Å². The minimum Gasteiger partial charge on any atom is -0.330 e. The summed E-state index contributed by atoms with van der Waals surface area (Å²) in [5.41, 5.74) is 7.26. The van der Waals surface area contributed by atoms with Gasteiger partial charge in [0.2, 0.25) is 0 Å². The zero-order valence-electron chi connectivity index (χ0n) is 11.1. The quantitative estimate of drug-likeness (QED) is 0.866. The smallest absolute Gasteiger partial charge is 0.0560 e. The highest BCUT2D eigenvalue weighted by Crippen LogP contribution is 2.36. The molecule has 0 amide bonds. The molecule has 0 aromatic carbocycles. The molecule has 0 bridgehead atoms. The maximum Gasteiger partial charge on any atom is 0.0560 e. The van der Waals surface area contributed by atoms with E-state index in [9.17, 15) is 0 Å². The van der Waals surface area contributed by atoms with E-state index in [2.05, 4.69) is 29.9 Å². The van der Waals surface area contributed by atoms with Gasteiger partial charge in [-0.1, -0.05) is 0 Å². The van der Waals surface area contributed by atoms with Crippen LogP contribution in [0, 0.1) is 5.92 Å². The minimum absolute atomic E-state index is 0.432. The van der Waals surface area contributed by atoms with Gasteiger partial charge in [-0.25, -0.2) is 0 Å². The predicted octanol–water partition coefficient (Wildman–Crippen LogP) is 1.54. The molecule has 17 heavy (non-hydrogen) atoms. The van der Waals surface area contributed by atoms with Gasteiger partial charge in [0.05, 0.1) is 11.7 Å². The van der Waals surface area contributed by atoms with Crippen molar-refractivity contribution in [2.45, 2.75) is 38.8 Å². The van der Waals surface area contributed by atoms with Crippen molar-refractivity contribution in [1.82, 2.24) is 14.7 Å². The van der Waals surface area contributed by atoms with Gasteiger partial charge in [-0.05, 0) is 51.8 Å². The fraction of sp³-hybridized carbons (Fsp3) is 0.769. The summed E-state index contributed by atoms with van der Waals surface area (Å²) in [7, 11) is 2.02. The summed E-state index contributed by atoms with van der Waals surface area (Å²) < 4.78 is 1.99. The Morgan fingerprint density at radius 2 is 2.29 bits per heavy atom. The van der Waals surface area contributed by atoms with E-state index in [4.69, 9.17) is 5.73 Å². The van der Waals surface area contributed by atoms with Crippen LogP contribution in [0.1, 0.15) is 38.4 Å². The molecule has 1 aliphatic heterocycles. The van der Waals surface area contributed by atoms with Crippen molar-refractivity contribution >= 4 is 0 Å². The van der Waals surface area contributed by atoms with E-state index in [0.29, 0.717) is 18.0 Å². The summed E-state index contributed by atoms with van der Waals surface area (Å²) in [6.45, 7) is 6.47. The van der Waals surface area contributed by atoms with Crippen LogP contribution < -0.4 is 5.73 Å². The Kier molecular flexibility index (Phi) is 3.84. The van der Waals surface area contributed by atoms with Crippen molar-refractivity contribution in [2.24, 2.45) is 18.7 Å². The lowest BCUT2D eigenvalue weighted by atomic mass is 9.86. The number of hydrogen-bond acceptors (Lipinski definition) is 3. The Hall–Kier alpha value is -0.870. The van der Waals surface area contributed by atoms with Crippen LogP contribution in [0.3, 0.4) is 0 Å². The van der Waals surface area contributed by atoms with Gasteiger partial charge in [-0.15, -0.1) is 0 Å². The van der Waals surface area contributed by atoms with Crippen molar-refractivity contribution in [3.63, 3.8) is 0 Å². The van der Waals surface area contributed by atoms with Gasteiger partial charge in [0, 0.05) is 19.3 Å². The van der Waals surface area contributed by atoms with Crippen molar-refractivity contribution in [3.8, 4) is 0 Å². The van der Waals surface area contributed by atoms with Gasteiger partial charge >= 0.3 is 0 Å². The summed E-state index contributed by atoms with van der Waals surface area (Å²) >= 11 is 0. The number of piperidine rings is 1. The predicted molar refractivity (Wildman–Crippen MR) is 69.6 cm³/mol. The number of likely N-dealkylation sites (tertiary alicyclic amines) is 1. The monoisotopic (exact) mass is 236 g/mol. The molecule has 1 aromatic heterocycles. The summed E-state index contributed by atoms with van der Waals surface area (Å²) in [4.78, 5) is 2.57. The number of nitrogens with zero attached hydrogens (tertiary/aromatic N) is 3. The van der Waals surface area contributed by atoms with E-state index in [1.54, 1.807) is 0 Å². The van der Waals surface area contributed by atoms with E-state index in [-0.39, 0.29) is 0 Å². The Bertz CT molecular complexity index is 358. The fourth-order valence-corrected chi connectivity index (χ4v) is 3.02. The van der Waals surface area contributed by atoms with E-state index >= 15 is 0 Å². The average molecular weight is 236 g/mol. The second kappa shape index (κ2) is 5.19. The van der Waals surface area contributed by atoms with Gasteiger partial charge in [-0.3, -0.25) is 9.58 Å². The number of aromatic nitrogens is 2. The number of nitrogens with two attached hydrogens (primary N) is 1. The van der Waals surface area contributed by atoms with Crippen LogP contribution >= 0.6 is 0 Å². The van der Waals surface area contributed by atoms with Crippen LogP contribution in [-0.4, -0.2) is 33.8 Å². The summed E-state index contributed by atoms with van der Waals surface area (Å²) in [6, 6.07) is 3.12. The second-order valence-corrected chi connectivity index (χ2v) is 5.29. The van der Waals surface area contributed by atoms with Crippen LogP contribution in [0.15, 0.2) is 12.3 Å². The number of aryl methyl sites for hydroxylation is 1. The molecule has 0 saturated carbocycles. The third-order valence-electron chi connectivity index (χ3n) is 3.92. The van der Waals surface area contributed by atoms with E-state index in [0.717, 1.165) is 6.54 Å². The van der Waals surface area contributed by atoms with Crippen LogP contribution in [0.4, 0.5) is 0 Å². The van der Waals surface area contributed by atoms with Gasteiger partial charge in [-0.2, -0.15) is 5.10 Å². The molecule has 2 atom stereocenters. The first-order chi connectivity index (χ1) is 8.15. The first-order valence-electron chi connectivity index (χ1n) is 6.59. The zero-order chi connectivity index (χ0) is 12.4. The minimum atomic E-state index is 0.432. The molecule has 2 unspecified atom stereocenters. The lowest BCUT2D eigenvalue weighted by molar-refractivity contribution is 0.0614. The Morgan fingerprint density at radius 1 is 1.53 bits per heavy atom. The van der Waals surface area contributed by atoms with Crippen LogP contribution in [0.5, 0.6) is 0 Å². The summed E-state index contributed by atoms with van der Waals surface area (Å²) in [5.74, 6) is 0.557. The summed E-state index contributed by atoms with van der Waals surface area (Å²) in [6.07, 6.45) is 4.37. The molecule has 2 rings (SSSR count). The number of rotatable bonds is 3. The Balaban J connectivity index is 2.32. The lowest BCUT2D eigenvalue weighted by Crippen LogP contribution is -2.45. The third-order valence-corrected chi connectivity index (χ3v) is 3.92. The molecule has 1 saturated heterocycles. The Labute approximate surface area is 104 Å². The number of hydrogen-bond donors (Lipinski definition) is 1. The molecule has 0 aliphatic carbocycles. The normalized spacial score (nSPS) is 26.6. The highest BCUT2D eigenvalue weighted by Gasteiger charge is 2.34. The average Bonchev–Trinajstić information content (AvgIpc) is 2.74. The highest BCUT2D eigenvalue weighted by molar-refractivity contribution is 5.10. The third kappa shape index (κ3) is 2.38. The van der Waals surface area contributed by atoms with Crippen molar-refractivity contribution in [1.29, 1.82) is 0 Å². The van der Waals surface area contributed by atoms with Crippen molar-refractivity contribution < 1.29 is 0 Å². The second-order valence-electron chi connectivity index (χ2n) is 5.29. The molecule has 4 heteroatoms. The zero-order valence-corrected chi connectivity index (χ0v) is 11.1. The van der Waals surface area contributed by atoms with Crippen LogP contribution in [-0.2, 0) is 7.05 Å². The van der Waals surface area contributed by atoms with Crippen molar-refractivity contribution in [3.05, 3.63) is 18.0 Å². The molecule has 1 fully saturated rings. The highest BCUT2D eigenvalue weighted by atomic mass is 15.3. The maximum atomic E-state index is 5.96. The first kappa shape index (κ1) is 12.6. The van der Waals surface area contributed by atoms with E-state index in [1.165, 1.54) is 25.1 Å². The molecular formula is C13H24N4. The van der Waals surface area contributed by atoms with Crippen LogP contribution in [0.2, 0.25) is 0 Å².